The summed E-state index contributed by atoms with van der Waals surface area (Å²) in [5, 5.41) is 8.02. The van der Waals surface area contributed by atoms with Crippen LogP contribution in [0.1, 0.15) is 18.1 Å². The minimum Gasteiger partial charge on any atom is -0.166 e. The van der Waals surface area contributed by atoms with Crippen LogP contribution in [-0.2, 0) is 11.9 Å². The maximum atomic E-state index is 12.6. The van der Waals surface area contributed by atoms with Crippen molar-refractivity contribution in [3.05, 3.63) is 35.4 Å². The minimum absolute atomic E-state index is 0.454. The van der Waals surface area contributed by atoms with E-state index >= 15 is 0 Å². The first-order valence-electron chi connectivity index (χ1n) is 5.74. The number of nitrogens with zero attached hydrogens (tertiary/aromatic N) is 2. The maximum Gasteiger partial charge on any atom is 0.416 e. The first kappa shape index (κ1) is 15.7. The summed E-state index contributed by atoms with van der Waals surface area (Å²) in [5.41, 5.74) is 0.0137. The fourth-order valence-electron chi connectivity index (χ4n) is 1.42. The third-order valence-corrected chi connectivity index (χ3v) is 5.42. The van der Waals surface area contributed by atoms with Gasteiger partial charge in [-0.15, -0.1) is 10.2 Å². The average molecular weight is 336 g/mol. The number of thioether (sulfide) groups is 2. The number of hydrogen-bond acceptors (Lipinski definition) is 5. The molecule has 0 bridgehead atoms. The topological polar surface area (TPSA) is 25.8 Å². The summed E-state index contributed by atoms with van der Waals surface area (Å²) < 4.78 is 39.4. The van der Waals surface area contributed by atoms with Crippen molar-refractivity contribution in [3.63, 3.8) is 0 Å². The van der Waals surface area contributed by atoms with Gasteiger partial charge in [0, 0.05) is 5.75 Å². The molecular formula is C12H11F3N2S3. The average Bonchev–Trinajstić information content (AvgIpc) is 2.84. The molecule has 1 heterocycles. The van der Waals surface area contributed by atoms with Crippen molar-refractivity contribution in [2.45, 2.75) is 27.5 Å². The molecule has 0 radical (unpaired) electrons. The molecule has 2 rings (SSSR count). The lowest BCUT2D eigenvalue weighted by Gasteiger charge is -2.07. The van der Waals surface area contributed by atoms with Crippen molar-refractivity contribution in [2.24, 2.45) is 0 Å². The Kier molecular flexibility index (Phi) is 5.34. The number of aromatic nitrogens is 2. The maximum absolute atomic E-state index is 12.6. The molecule has 8 heteroatoms. The van der Waals surface area contributed by atoms with Crippen LogP contribution in [0, 0.1) is 0 Å². The van der Waals surface area contributed by atoms with E-state index in [1.165, 1.54) is 35.2 Å². The van der Waals surface area contributed by atoms with Crippen LogP contribution in [0.4, 0.5) is 13.2 Å². The van der Waals surface area contributed by atoms with Crippen molar-refractivity contribution in [3.8, 4) is 0 Å². The molecular weight excluding hydrogens is 325 g/mol. The number of alkyl halides is 3. The van der Waals surface area contributed by atoms with Gasteiger partial charge in [-0.2, -0.15) is 13.2 Å². The molecule has 108 valence electrons. The Morgan fingerprint density at radius 3 is 2.50 bits per heavy atom. The molecule has 1 aromatic heterocycles. The highest BCUT2D eigenvalue weighted by atomic mass is 32.2. The van der Waals surface area contributed by atoms with Gasteiger partial charge in [-0.05, 0) is 17.4 Å². The van der Waals surface area contributed by atoms with Gasteiger partial charge in [0.1, 0.15) is 0 Å². The van der Waals surface area contributed by atoms with Gasteiger partial charge >= 0.3 is 6.18 Å². The van der Waals surface area contributed by atoms with Crippen molar-refractivity contribution in [1.82, 2.24) is 10.2 Å². The predicted molar refractivity (Wildman–Crippen MR) is 77.3 cm³/mol. The second-order valence-corrected chi connectivity index (χ2v) is 7.46. The van der Waals surface area contributed by atoms with Gasteiger partial charge in [0.15, 0.2) is 8.68 Å². The number of rotatable bonds is 5. The Hall–Kier alpha value is -0.730. The Bertz CT molecular complexity index is 569. The van der Waals surface area contributed by atoms with Crippen molar-refractivity contribution in [2.75, 3.05) is 5.75 Å². The number of benzene rings is 1. The molecule has 0 fully saturated rings. The molecule has 20 heavy (non-hydrogen) atoms. The van der Waals surface area contributed by atoms with Crippen LogP contribution in [0.15, 0.2) is 32.9 Å². The Labute approximate surface area is 127 Å². The smallest absolute Gasteiger partial charge is 0.166 e. The predicted octanol–water partition coefficient (Wildman–Crippen LogP) is 4.96. The molecule has 2 aromatic rings. The molecule has 0 aliphatic rings. The molecule has 0 N–H and O–H groups in total. The highest BCUT2D eigenvalue weighted by Gasteiger charge is 2.30. The fourth-order valence-corrected chi connectivity index (χ4v) is 4.28. The van der Waals surface area contributed by atoms with Gasteiger partial charge in [0.2, 0.25) is 0 Å². The summed E-state index contributed by atoms with van der Waals surface area (Å²) in [6, 6.07) is 5.37. The molecule has 0 unspecified atom stereocenters. The lowest BCUT2D eigenvalue weighted by atomic mass is 10.1. The van der Waals surface area contributed by atoms with Gasteiger partial charge < -0.3 is 0 Å². The summed E-state index contributed by atoms with van der Waals surface area (Å²) >= 11 is 4.48. The lowest BCUT2D eigenvalue weighted by Crippen LogP contribution is -2.04. The molecule has 0 aliphatic heterocycles. The Morgan fingerprint density at radius 2 is 1.85 bits per heavy atom. The van der Waals surface area contributed by atoms with E-state index in [9.17, 15) is 13.2 Å². The van der Waals surface area contributed by atoms with Crippen molar-refractivity contribution < 1.29 is 13.2 Å². The second kappa shape index (κ2) is 6.82. The summed E-state index contributed by atoms with van der Waals surface area (Å²) in [7, 11) is 0. The molecule has 1 aromatic carbocycles. The molecule has 0 amide bonds. The van der Waals surface area contributed by atoms with E-state index in [0.717, 1.165) is 20.5 Å². The summed E-state index contributed by atoms with van der Waals surface area (Å²) in [6.07, 6.45) is -4.30. The van der Waals surface area contributed by atoms with Gasteiger partial charge in [0.05, 0.1) is 5.56 Å². The number of hydrogen-bond donors (Lipinski definition) is 0. The van der Waals surface area contributed by atoms with Gasteiger partial charge in [-0.25, -0.2) is 0 Å². The first-order valence-corrected chi connectivity index (χ1v) is 8.53. The zero-order valence-electron chi connectivity index (χ0n) is 10.5. The quantitative estimate of drug-likeness (QED) is 0.721. The Morgan fingerprint density at radius 1 is 1.15 bits per heavy atom. The van der Waals surface area contributed by atoms with E-state index in [1.807, 2.05) is 6.92 Å². The van der Waals surface area contributed by atoms with Crippen LogP contribution in [0.2, 0.25) is 0 Å². The third kappa shape index (κ3) is 4.39. The highest BCUT2D eigenvalue weighted by molar-refractivity contribution is 8.02. The van der Waals surface area contributed by atoms with Gasteiger partial charge in [-0.3, -0.25) is 0 Å². The SMILES string of the molecule is CCSc1nnc(SCc2cccc(C(F)(F)F)c2)s1. The molecule has 0 aliphatic carbocycles. The summed E-state index contributed by atoms with van der Waals surface area (Å²) in [5.74, 6) is 1.38. The van der Waals surface area contributed by atoms with E-state index in [2.05, 4.69) is 10.2 Å². The molecule has 0 saturated carbocycles. The highest BCUT2D eigenvalue weighted by Crippen LogP contribution is 2.33. The van der Waals surface area contributed by atoms with Crippen molar-refractivity contribution >= 4 is 34.9 Å². The fraction of sp³-hybridized carbons (Fsp3) is 0.333. The largest absolute Gasteiger partial charge is 0.416 e. The summed E-state index contributed by atoms with van der Waals surface area (Å²) in [6.45, 7) is 2.03. The van der Waals surface area contributed by atoms with E-state index in [0.29, 0.717) is 11.3 Å². The van der Waals surface area contributed by atoms with Crippen LogP contribution >= 0.6 is 34.9 Å². The van der Waals surface area contributed by atoms with Crippen LogP contribution in [0.25, 0.3) is 0 Å². The first-order chi connectivity index (χ1) is 9.49. The molecule has 0 atom stereocenters. The minimum atomic E-state index is -4.30. The van der Waals surface area contributed by atoms with E-state index in [-0.39, 0.29) is 0 Å². The van der Waals surface area contributed by atoms with Crippen LogP contribution in [-0.4, -0.2) is 16.0 Å². The Balaban J connectivity index is 1.99. The molecule has 0 spiro atoms. The third-order valence-electron chi connectivity index (χ3n) is 2.27. The normalized spacial score (nSPS) is 11.8. The summed E-state index contributed by atoms with van der Waals surface area (Å²) in [4.78, 5) is 0. The second-order valence-electron chi connectivity index (χ2n) is 3.75. The van der Waals surface area contributed by atoms with Crippen molar-refractivity contribution in [1.29, 1.82) is 0 Å². The van der Waals surface area contributed by atoms with Crippen LogP contribution < -0.4 is 0 Å². The standard InChI is InChI=1S/C12H11F3N2S3/c1-2-18-10-16-17-11(20-10)19-7-8-4-3-5-9(6-8)12(13,14)15/h3-6H,2,7H2,1H3. The molecule has 2 nitrogen and oxygen atoms in total. The monoisotopic (exact) mass is 336 g/mol. The zero-order valence-corrected chi connectivity index (χ0v) is 12.9. The van der Waals surface area contributed by atoms with E-state index in [4.69, 9.17) is 0 Å². The van der Waals surface area contributed by atoms with E-state index in [1.54, 1.807) is 17.8 Å². The lowest BCUT2D eigenvalue weighted by molar-refractivity contribution is -0.137. The van der Waals surface area contributed by atoms with Crippen LogP contribution in [0.3, 0.4) is 0 Å². The van der Waals surface area contributed by atoms with Gasteiger partial charge in [0.25, 0.3) is 0 Å². The van der Waals surface area contributed by atoms with Gasteiger partial charge in [-0.1, -0.05) is 60.0 Å². The number of halogens is 3. The zero-order chi connectivity index (χ0) is 14.6. The van der Waals surface area contributed by atoms with E-state index < -0.39 is 11.7 Å². The van der Waals surface area contributed by atoms with Crippen LogP contribution in [0.5, 0.6) is 0 Å². The molecule has 0 saturated heterocycles.